The molecule has 0 saturated heterocycles. The summed E-state index contributed by atoms with van der Waals surface area (Å²) in [7, 11) is 0. The highest BCUT2D eigenvalue weighted by Gasteiger charge is 2.29. The van der Waals surface area contributed by atoms with E-state index in [2.05, 4.69) is 32.4 Å². The van der Waals surface area contributed by atoms with E-state index in [1.807, 2.05) is 13.8 Å². The van der Waals surface area contributed by atoms with Crippen molar-refractivity contribution in [3.8, 4) is 34.6 Å². The number of fused-ring (bicyclic) bond motifs is 1. The van der Waals surface area contributed by atoms with Gasteiger partial charge in [-0.25, -0.2) is 4.39 Å². The number of carbonyl (C=O) groups is 2. The highest BCUT2D eigenvalue weighted by molar-refractivity contribution is 6.68. The monoisotopic (exact) mass is 539 g/mol. The molecule has 1 aliphatic heterocycles. The molecule has 0 saturated carbocycles. The third-order valence-electron chi connectivity index (χ3n) is 5.51. The summed E-state index contributed by atoms with van der Waals surface area (Å²) in [5.41, 5.74) is 8.61. The lowest BCUT2D eigenvalue weighted by molar-refractivity contribution is -0.107. The normalized spacial score (nSPS) is 12.6. The maximum atomic E-state index is 14.8. The Balaban J connectivity index is 1.74. The second-order valence-corrected chi connectivity index (χ2v) is 9.64. The summed E-state index contributed by atoms with van der Waals surface area (Å²) in [5, 5.41) is 5.28. The Labute approximate surface area is 224 Å². The molecule has 0 unspecified atom stereocenters. The molecule has 0 bridgehead atoms. The molecule has 0 aliphatic carbocycles. The van der Waals surface area contributed by atoms with Gasteiger partial charge < -0.3 is 30.8 Å². The van der Waals surface area contributed by atoms with Gasteiger partial charge in [0.15, 0.2) is 11.6 Å². The van der Waals surface area contributed by atoms with Crippen molar-refractivity contribution in [2.24, 2.45) is 5.73 Å². The minimum Gasteiger partial charge on any atom is -0.489 e. The molecule has 0 spiro atoms. The number of H-pyrrole nitrogens is 1. The Morgan fingerprint density at radius 3 is 2.89 bits per heavy atom. The first-order valence-electron chi connectivity index (χ1n) is 11.9. The number of ether oxygens (including phenoxy) is 2. The molecule has 1 aliphatic rings. The number of halogens is 2. The Kier molecular flexibility index (Phi) is 8.20. The van der Waals surface area contributed by atoms with Gasteiger partial charge >= 0.3 is 0 Å². The van der Waals surface area contributed by atoms with Gasteiger partial charge in [0.25, 0.3) is 11.1 Å². The SMILES string of the molecule is CC(C)(N)COc1cnccc1-c1[nH]c2c(c1Nc1cccc(F)c1OCCC#CC(=O)Cl)C(=O)NCC2. The number of nitrogens with two attached hydrogens (primary N) is 1. The van der Waals surface area contributed by atoms with Crippen molar-refractivity contribution in [1.29, 1.82) is 0 Å². The standard InChI is InChI=1S/C27H27ClFN5O4/c1-27(2,30)15-38-20-14-31-11-9-16(20)23-24(22-18(33-23)10-12-32-26(22)36)34-19-7-5-6-17(29)25(19)37-13-4-3-8-21(28)35/h5-7,9,11,14,33-34H,4,10,12-13,15,30H2,1-2H3,(H,32,36). The van der Waals surface area contributed by atoms with Crippen LogP contribution in [0.3, 0.4) is 0 Å². The average molecular weight is 540 g/mol. The second-order valence-electron chi connectivity index (χ2n) is 9.30. The van der Waals surface area contributed by atoms with E-state index in [1.165, 1.54) is 12.1 Å². The van der Waals surface area contributed by atoms with Crippen LogP contribution in [0.1, 0.15) is 36.3 Å². The van der Waals surface area contributed by atoms with Crippen LogP contribution in [-0.2, 0) is 11.2 Å². The number of hydrogen-bond acceptors (Lipinski definition) is 7. The number of hydrogen-bond donors (Lipinski definition) is 4. The zero-order chi connectivity index (χ0) is 27.3. The molecule has 11 heteroatoms. The maximum Gasteiger partial charge on any atom is 0.296 e. The third-order valence-corrected chi connectivity index (χ3v) is 5.60. The second kappa shape index (κ2) is 11.5. The van der Waals surface area contributed by atoms with Gasteiger partial charge in [0.05, 0.1) is 35.4 Å². The molecule has 5 N–H and O–H groups in total. The topological polar surface area (TPSA) is 131 Å². The molecule has 2 aromatic heterocycles. The van der Waals surface area contributed by atoms with Gasteiger partial charge in [0.1, 0.15) is 12.4 Å². The molecule has 4 rings (SSSR count). The molecule has 3 aromatic rings. The highest BCUT2D eigenvalue weighted by Crippen LogP contribution is 2.42. The van der Waals surface area contributed by atoms with Gasteiger partial charge in [-0.15, -0.1) is 0 Å². The minimum atomic E-state index is -0.782. The molecule has 0 radical (unpaired) electrons. The zero-order valence-electron chi connectivity index (χ0n) is 20.9. The van der Waals surface area contributed by atoms with Crippen LogP contribution in [0.15, 0.2) is 36.7 Å². The van der Waals surface area contributed by atoms with E-state index >= 15 is 0 Å². The summed E-state index contributed by atoms with van der Waals surface area (Å²) in [4.78, 5) is 31.3. The van der Waals surface area contributed by atoms with Crippen LogP contribution < -0.4 is 25.8 Å². The van der Waals surface area contributed by atoms with Gasteiger partial charge in [-0.2, -0.15) is 0 Å². The Morgan fingerprint density at radius 1 is 1.32 bits per heavy atom. The Hall–Kier alpha value is -4.07. The predicted octanol–water partition coefficient (Wildman–Crippen LogP) is 3.90. The average Bonchev–Trinajstić information content (AvgIpc) is 3.23. The van der Waals surface area contributed by atoms with Crippen molar-refractivity contribution in [1.82, 2.24) is 15.3 Å². The van der Waals surface area contributed by atoms with Crippen LogP contribution >= 0.6 is 11.6 Å². The van der Waals surface area contributed by atoms with E-state index in [1.54, 1.807) is 24.5 Å². The first-order chi connectivity index (χ1) is 18.1. The van der Waals surface area contributed by atoms with Crippen LogP contribution in [0.25, 0.3) is 11.3 Å². The number of amides is 1. The fourth-order valence-electron chi connectivity index (χ4n) is 3.90. The summed E-state index contributed by atoms with van der Waals surface area (Å²) >= 11 is 5.21. The van der Waals surface area contributed by atoms with Crippen molar-refractivity contribution >= 4 is 34.1 Å². The highest BCUT2D eigenvalue weighted by atomic mass is 35.5. The number of pyridine rings is 1. The number of para-hydroxylation sites is 1. The van der Waals surface area contributed by atoms with Crippen LogP contribution in [0.4, 0.5) is 15.8 Å². The lowest BCUT2D eigenvalue weighted by Crippen LogP contribution is -2.38. The summed E-state index contributed by atoms with van der Waals surface area (Å²) in [6, 6.07) is 6.19. The van der Waals surface area contributed by atoms with Crippen molar-refractivity contribution in [3.63, 3.8) is 0 Å². The van der Waals surface area contributed by atoms with E-state index in [9.17, 15) is 14.0 Å². The summed E-state index contributed by atoms with van der Waals surface area (Å²) in [6.45, 7) is 4.42. The van der Waals surface area contributed by atoms with Gasteiger partial charge in [0, 0.05) is 42.4 Å². The Morgan fingerprint density at radius 2 is 2.13 bits per heavy atom. The van der Waals surface area contributed by atoms with E-state index < -0.39 is 16.6 Å². The molecular formula is C27H27ClFN5O4. The molecule has 38 heavy (non-hydrogen) atoms. The number of aromatic amines is 1. The number of anilines is 2. The quantitative estimate of drug-likeness (QED) is 0.184. The number of benzene rings is 1. The predicted molar refractivity (Wildman–Crippen MR) is 142 cm³/mol. The Bertz CT molecular complexity index is 1420. The molecule has 3 heterocycles. The van der Waals surface area contributed by atoms with Crippen LogP contribution in [0.5, 0.6) is 11.5 Å². The third kappa shape index (κ3) is 6.43. The number of carbonyl (C=O) groups excluding carboxylic acids is 2. The molecule has 1 amide bonds. The van der Waals surface area contributed by atoms with Gasteiger partial charge in [-0.1, -0.05) is 12.0 Å². The molecule has 0 atom stereocenters. The van der Waals surface area contributed by atoms with Gasteiger partial charge in [0.2, 0.25) is 0 Å². The number of rotatable bonds is 9. The number of aromatic nitrogens is 2. The smallest absolute Gasteiger partial charge is 0.296 e. The summed E-state index contributed by atoms with van der Waals surface area (Å²) < 4.78 is 26.5. The first-order valence-corrected chi connectivity index (χ1v) is 12.3. The molecule has 198 valence electrons. The van der Waals surface area contributed by atoms with E-state index in [0.29, 0.717) is 46.9 Å². The fourth-order valence-corrected chi connectivity index (χ4v) is 3.96. The lowest BCUT2D eigenvalue weighted by Gasteiger charge is -2.20. The molecule has 0 fully saturated rings. The number of nitrogens with one attached hydrogen (secondary N) is 3. The van der Waals surface area contributed by atoms with Crippen LogP contribution in [0.2, 0.25) is 0 Å². The van der Waals surface area contributed by atoms with Crippen molar-refractivity contribution < 1.29 is 23.5 Å². The summed E-state index contributed by atoms with van der Waals surface area (Å²) in [5.74, 6) is 4.30. The van der Waals surface area contributed by atoms with Gasteiger partial charge in [-0.05, 0) is 49.6 Å². The largest absolute Gasteiger partial charge is 0.489 e. The minimum absolute atomic E-state index is 0.0165. The van der Waals surface area contributed by atoms with Crippen molar-refractivity contribution in [3.05, 3.63) is 53.7 Å². The van der Waals surface area contributed by atoms with E-state index in [-0.39, 0.29) is 31.3 Å². The van der Waals surface area contributed by atoms with Crippen molar-refractivity contribution in [2.75, 3.05) is 25.1 Å². The molecular weight excluding hydrogens is 513 g/mol. The van der Waals surface area contributed by atoms with Crippen LogP contribution in [0, 0.1) is 17.7 Å². The molecule has 1 aromatic carbocycles. The van der Waals surface area contributed by atoms with Gasteiger partial charge in [-0.3, -0.25) is 14.6 Å². The van der Waals surface area contributed by atoms with Crippen molar-refractivity contribution in [2.45, 2.75) is 32.2 Å². The van der Waals surface area contributed by atoms with E-state index in [0.717, 1.165) is 5.69 Å². The summed E-state index contributed by atoms with van der Waals surface area (Å²) in [6.07, 6.45) is 3.93. The fraction of sp³-hybridized carbons (Fsp3) is 0.296. The number of nitrogens with zero attached hydrogens (tertiary/aromatic N) is 1. The first kappa shape index (κ1) is 27.0. The van der Waals surface area contributed by atoms with E-state index in [4.69, 9.17) is 26.8 Å². The zero-order valence-corrected chi connectivity index (χ0v) is 21.7. The molecule has 9 nitrogen and oxygen atoms in total. The maximum absolute atomic E-state index is 14.8. The van der Waals surface area contributed by atoms with Crippen LogP contribution in [-0.4, -0.2) is 46.4 Å². The lowest BCUT2D eigenvalue weighted by atomic mass is 10.0.